The minimum Gasteiger partial charge on any atom is -0.384 e. The second kappa shape index (κ2) is 6.14. The monoisotopic (exact) mass is 283 g/mol. The molecule has 108 valence electrons. The molecule has 0 saturated carbocycles. The van der Waals surface area contributed by atoms with E-state index < -0.39 is 11.7 Å². The molecule has 1 saturated heterocycles. The number of rotatable bonds is 4. The molecular formula is C14H16F3N3. The first-order valence-corrected chi connectivity index (χ1v) is 6.59. The first kappa shape index (κ1) is 14.7. The van der Waals surface area contributed by atoms with Gasteiger partial charge in [0.2, 0.25) is 0 Å². The molecule has 1 atom stereocenters. The van der Waals surface area contributed by atoms with E-state index in [1.165, 1.54) is 6.07 Å². The molecule has 20 heavy (non-hydrogen) atoms. The van der Waals surface area contributed by atoms with Crippen molar-refractivity contribution >= 4 is 5.69 Å². The summed E-state index contributed by atoms with van der Waals surface area (Å²) in [5.41, 5.74) is -0.310. The van der Waals surface area contributed by atoms with E-state index in [9.17, 15) is 13.2 Å². The molecule has 3 nitrogen and oxygen atoms in total. The zero-order valence-corrected chi connectivity index (χ0v) is 10.9. The second-order valence-electron chi connectivity index (χ2n) is 4.88. The maximum atomic E-state index is 12.6. The molecule has 0 aromatic heterocycles. The Kier molecular flexibility index (Phi) is 4.50. The van der Waals surface area contributed by atoms with E-state index >= 15 is 0 Å². The van der Waals surface area contributed by atoms with Crippen LogP contribution in [0.4, 0.5) is 18.9 Å². The summed E-state index contributed by atoms with van der Waals surface area (Å²) < 4.78 is 37.7. The van der Waals surface area contributed by atoms with Gasteiger partial charge < -0.3 is 10.6 Å². The number of alkyl halides is 3. The van der Waals surface area contributed by atoms with Crippen molar-refractivity contribution in [3.8, 4) is 6.07 Å². The van der Waals surface area contributed by atoms with Crippen molar-refractivity contribution in [1.82, 2.24) is 5.32 Å². The van der Waals surface area contributed by atoms with E-state index in [-0.39, 0.29) is 5.56 Å². The lowest BCUT2D eigenvalue weighted by atomic mass is 10.1. The highest BCUT2D eigenvalue weighted by molar-refractivity contribution is 5.59. The lowest BCUT2D eigenvalue weighted by molar-refractivity contribution is -0.137. The smallest absolute Gasteiger partial charge is 0.384 e. The molecule has 0 spiro atoms. The van der Waals surface area contributed by atoms with Crippen molar-refractivity contribution in [2.24, 2.45) is 0 Å². The molecule has 2 N–H and O–H groups in total. The Balaban J connectivity index is 1.99. The van der Waals surface area contributed by atoms with Crippen LogP contribution in [0.5, 0.6) is 0 Å². The summed E-state index contributed by atoms with van der Waals surface area (Å²) in [4.78, 5) is 0. The molecule has 0 radical (unpaired) electrons. The molecular weight excluding hydrogens is 267 g/mol. The number of nitrogens with one attached hydrogen (secondary N) is 2. The van der Waals surface area contributed by atoms with Crippen LogP contribution in [-0.4, -0.2) is 19.1 Å². The van der Waals surface area contributed by atoms with Gasteiger partial charge in [0, 0.05) is 12.6 Å². The van der Waals surface area contributed by atoms with Gasteiger partial charge in [0.05, 0.1) is 16.8 Å². The van der Waals surface area contributed by atoms with Gasteiger partial charge in [0.15, 0.2) is 0 Å². The molecule has 1 aromatic carbocycles. The van der Waals surface area contributed by atoms with E-state index in [4.69, 9.17) is 5.26 Å². The summed E-state index contributed by atoms with van der Waals surface area (Å²) >= 11 is 0. The summed E-state index contributed by atoms with van der Waals surface area (Å²) in [5, 5.41) is 15.3. The Morgan fingerprint density at radius 1 is 1.40 bits per heavy atom. The lowest BCUT2D eigenvalue weighted by Gasteiger charge is -2.14. The van der Waals surface area contributed by atoms with Crippen LogP contribution in [-0.2, 0) is 6.18 Å². The predicted octanol–water partition coefficient (Wildman–Crippen LogP) is 3.13. The van der Waals surface area contributed by atoms with Crippen LogP contribution in [0.1, 0.15) is 30.4 Å². The van der Waals surface area contributed by atoms with Crippen LogP contribution < -0.4 is 10.6 Å². The maximum Gasteiger partial charge on any atom is 0.416 e. The first-order valence-electron chi connectivity index (χ1n) is 6.59. The van der Waals surface area contributed by atoms with Crippen LogP contribution in [0.2, 0.25) is 0 Å². The normalized spacial score (nSPS) is 18.8. The highest BCUT2D eigenvalue weighted by Gasteiger charge is 2.31. The quantitative estimate of drug-likeness (QED) is 0.892. The van der Waals surface area contributed by atoms with Gasteiger partial charge in [0.1, 0.15) is 6.07 Å². The Hall–Kier alpha value is -1.74. The van der Waals surface area contributed by atoms with Crippen molar-refractivity contribution in [3.05, 3.63) is 29.3 Å². The van der Waals surface area contributed by atoms with Gasteiger partial charge in [-0.2, -0.15) is 18.4 Å². The van der Waals surface area contributed by atoms with E-state index in [1.807, 2.05) is 6.07 Å². The number of anilines is 1. The minimum absolute atomic E-state index is 0.0270. The summed E-state index contributed by atoms with van der Waals surface area (Å²) in [5.74, 6) is 0. The van der Waals surface area contributed by atoms with Crippen LogP contribution in [0.25, 0.3) is 0 Å². The Morgan fingerprint density at radius 2 is 2.20 bits per heavy atom. The van der Waals surface area contributed by atoms with Gasteiger partial charge in [-0.15, -0.1) is 0 Å². The summed E-state index contributed by atoms with van der Waals surface area (Å²) in [7, 11) is 0. The molecule has 0 amide bonds. The van der Waals surface area contributed by atoms with Gasteiger partial charge in [-0.25, -0.2) is 0 Å². The molecule has 0 unspecified atom stereocenters. The Labute approximate surface area is 115 Å². The third-order valence-electron chi connectivity index (χ3n) is 3.44. The number of nitrogens with zero attached hydrogens (tertiary/aromatic N) is 1. The average Bonchev–Trinajstić information content (AvgIpc) is 2.91. The molecule has 1 fully saturated rings. The zero-order valence-electron chi connectivity index (χ0n) is 10.9. The van der Waals surface area contributed by atoms with Crippen LogP contribution in [0.3, 0.4) is 0 Å². The molecule has 1 heterocycles. The Bertz CT molecular complexity index is 499. The fraction of sp³-hybridized carbons (Fsp3) is 0.500. The summed E-state index contributed by atoms with van der Waals surface area (Å²) in [6, 6.07) is 5.47. The van der Waals surface area contributed by atoms with E-state index in [1.54, 1.807) is 0 Å². The molecule has 0 aliphatic carbocycles. The number of hydrogen-bond acceptors (Lipinski definition) is 3. The van der Waals surface area contributed by atoms with Gasteiger partial charge in [0.25, 0.3) is 0 Å². The molecule has 6 heteroatoms. The number of halogens is 3. The van der Waals surface area contributed by atoms with Crippen molar-refractivity contribution in [1.29, 1.82) is 5.26 Å². The van der Waals surface area contributed by atoms with E-state index in [0.717, 1.165) is 37.9 Å². The van der Waals surface area contributed by atoms with Gasteiger partial charge >= 0.3 is 6.18 Å². The molecule has 2 rings (SSSR count). The lowest BCUT2D eigenvalue weighted by Crippen LogP contribution is -2.24. The SMILES string of the molecule is N#Cc1cc(C(F)(F)F)ccc1NCC[C@@H]1CCCN1. The molecule has 0 bridgehead atoms. The fourth-order valence-electron chi connectivity index (χ4n) is 2.35. The minimum atomic E-state index is -4.42. The van der Waals surface area contributed by atoms with E-state index in [2.05, 4.69) is 10.6 Å². The van der Waals surface area contributed by atoms with Crippen LogP contribution >= 0.6 is 0 Å². The largest absolute Gasteiger partial charge is 0.416 e. The third-order valence-corrected chi connectivity index (χ3v) is 3.44. The number of hydrogen-bond donors (Lipinski definition) is 2. The fourth-order valence-corrected chi connectivity index (χ4v) is 2.35. The Morgan fingerprint density at radius 3 is 2.80 bits per heavy atom. The highest BCUT2D eigenvalue weighted by Crippen LogP contribution is 2.31. The van der Waals surface area contributed by atoms with Gasteiger partial charge in [-0.3, -0.25) is 0 Å². The summed E-state index contributed by atoms with van der Waals surface area (Å²) in [6.45, 7) is 1.66. The van der Waals surface area contributed by atoms with Gasteiger partial charge in [-0.1, -0.05) is 0 Å². The van der Waals surface area contributed by atoms with Crippen LogP contribution in [0, 0.1) is 11.3 Å². The van der Waals surface area contributed by atoms with Crippen molar-refractivity contribution < 1.29 is 13.2 Å². The second-order valence-corrected chi connectivity index (χ2v) is 4.88. The number of benzene rings is 1. The standard InChI is InChI=1S/C14H16F3N3/c15-14(16,17)11-3-4-13(10(8-11)9-18)20-7-5-12-2-1-6-19-12/h3-4,8,12,19-20H,1-2,5-7H2/t12-/m0/s1. The summed E-state index contributed by atoms with van der Waals surface area (Å²) in [6.07, 6.45) is -1.24. The predicted molar refractivity (Wildman–Crippen MR) is 70.3 cm³/mol. The average molecular weight is 283 g/mol. The zero-order chi connectivity index (χ0) is 14.6. The van der Waals surface area contributed by atoms with E-state index in [0.29, 0.717) is 18.3 Å². The topological polar surface area (TPSA) is 47.9 Å². The van der Waals surface area contributed by atoms with Crippen molar-refractivity contribution in [2.45, 2.75) is 31.5 Å². The maximum absolute atomic E-state index is 12.6. The number of nitriles is 1. The highest BCUT2D eigenvalue weighted by atomic mass is 19.4. The third kappa shape index (κ3) is 3.64. The van der Waals surface area contributed by atoms with Gasteiger partial charge in [-0.05, 0) is 44.0 Å². The van der Waals surface area contributed by atoms with Crippen molar-refractivity contribution in [2.75, 3.05) is 18.4 Å². The molecule has 1 aromatic rings. The van der Waals surface area contributed by atoms with Crippen LogP contribution in [0.15, 0.2) is 18.2 Å². The molecule has 1 aliphatic heterocycles. The first-order chi connectivity index (χ1) is 9.50. The van der Waals surface area contributed by atoms with Crippen molar-refractivity contribution in [3.63, 3.8) is 0 Å². The molecule has 1 aliphatic rings.